The summed E-state index contributed by atoms with van der Waals surface area (Å²) in [5.41, 5.74) is 0.0205. The van der Waals surface area contributed by atoms with E-state index in [9.17, 15) is 17.6 Å². The van der Waals surface area contributed by atoms with Crippen molar-refractivity contribution in [3.8, 4) is 0 Å². The highest BCUT2D eigenvalue weighted by molar-refractivity contribution is 7.98. The quantitative estimate of drug-likeness (QED) is 0.541. The van der Waals surface area contributed by atoms with Crippen LogP contribution in [0.5, 0.6) is 0 Å². The number of halogens is 4. The van der Waals surface area contributed by atoms with Crippen LogP contribution in [0.3, 0.4) is 0 Å². The standard InChI is InChI=1S/C14H13F4NS2/c1-9-3-8-12(20-9)21-19(2)13(14(16,17)18)10-4-6-11(15)7-5-10/h3-8,13H,1-2H3. The molecule has 0 bridgehead atoms. The Labute approximate surface area is 128 Å². The molecule has 2 rings (SSSR count). The zero-order valence-electron chi connectivity index (χ0n) is 11.3. The van der Waals surface area contributed by atoms with Gasteiger partial charge in [-0.05, 0) is 55.7 Å². The fourth-order valence-corrected chi connectivity index (χ4v) is 4.15. The van der Waals surface area contributed by atoms with Gasteiger partial charge in [0.15, 0.2) is 0 Å². The van der Waals surface area contributed by atoms with E-state index < -0.39 is 18.0 Å². The number of rotatable bonds is 4. The van der Waals surface area contributed by atoms with Gasteiger partial charge < -0.3 is 0 Å². The summed E-state index contributed by atoms with van der Waals surface area (Å²) < 4.78 is 54.8. The first-order chi connectivity index (χ1) is 9.77. The summed E-state index contributed by atoms with van der Waals surface area (Å²) in [6, 6.07) is 6.30. The van der Waals surface area contributed by atoms with Gasteiger partial charge in [0.05, 0.1) is 4.21 Å². The lowest BCUT2D eigenvalue weighted by atomic mass is 10.1. The predicted octanol–water partition coefficient (Wildman–Crippen LogP) is 5.44. The fraction of sp³-hybridized carbons (Fsp3) is 0.286. The van der Waals surface area contributed by atoms with Crippen molar-refractivity contribution >= 4 is 23.3 Å². The summed E-state index contributed by atoms with van der Waals surface area (Å²) in [4.78, 5) is 1.04. The first-order valence-electron chi connectivity index (χ1n) is 6.07. The zero-order valence-corrected chi connectivity index (χ0v) is 13.0. The highest BCUT2D eigenvalue weighted by Gasteiger charge is 2.44. The summed E-state index contributed by atoms with van der Waals surface area (Å²) in [5.74, 6) is -0.552. The van der Waals surface area contributed by atoms with E-state index in [2.05, 4.69) is 0 Å². The van der Waals surface area contributed by atoms with Gasteiger partial charge >= 0.3 is 6.18 Å². The Morgan fingerprint density at radius 2 is 1.71 bits per heavy atom. The molecule has 7 heteroatoms. The van der Waals surface area contributed by atoms with Crippen LogP contribution >= 0.6 is 23.3 Å². The minimum Gasteiger partial charge on any atom is -0.232 e. The Morgan fingerprint density at radius 3 is 2.19 bits per heavy atom. The number of aryl methyl sites for hydroxylation is 1. The van der Waals surface area contributed by atoms with Crippen LogP contribution in [-0.4, -0.2) is 17.5 Å². The molecule has 0 aliphatic heterocycles. The molecule has 0 N–H and O–H groups in total. The third-order valence-electron chi connectivity index (χ3n) is 2.81. The van der Waals surface area contributed by atoms with Crippen molar-refractivity contribution < 1.29 is 17.6 Å². The molecule has 0 aliphatic rings. The van der Waals surface area contributed by atoms with E-state index in [1.165, 1.54) is 30.5 Å². The van der Waals surface area contributed by atoms with Crippen LogP contribution in [0.15, 0.2) is 40.6 Å². The van der Waals surface area contributed by atoms with Crippen molar-refractivity contribution in [1.29, 1.82) is 0 Å². The van der Waals surface area contributed by atoms with Gasteiger partial charge in [0.2, 0.25) is 0 Å². The highest BCUT2D eigenvalue weighted by Crippen LogP contribution is 2.42. The van der Waals surface area contributed by atoms with Crippen molar-refractivity contribution in [2.24, 2.45) is 0 Å². The second-order valence-corrected chi connectivity index (χ2v) is 7.24. The van der Waals surface area contributed by atoms with Crippen LogP contribution in [-0.2, 0) is 0 Å². The molecule has 0 amide bonds. The highest BCUT2D eigenvalue weighted by atomic mass is 32.2. The first kappa shape index (κ1) is 16.3. The van der Waals surface area contributed by atoms with Gasteiger partial charge in [0, 0.05) is 4.88 Å². The van der Waals surface area contributed by atoms with E-state index in [0.29, 0.717) is 0 Å². The van der Waals surface area contributed by atoms with Gasteiger partial charge in [-0.3, -0.25) is 0 Å². The van der Waals surface area contributed by atoms with E-state index in [1.807, 2.05) is 13.0 Å². The average Bonchev–Trinajstić information content (AvgIpc) is 2.76. The Kier molecular flexibility index (Phi) is 4.95. The molecule has 0 saturated carbocycles. The molecule has 1 atom stereocenters. The van der Waals surface area contributed by atoms with Gasteiger partial charge in [-0.25, -0.2) is 8.70 Å². The lowest BCUT2D eigenvalue weighted by molar-refractivity contribution is -0.169. The van der Waals surface area contributed by atoms with E-state index in [4.69, 9.17) is 0 Å². The van der Waals surface area contributed by atoms with Gasteiger partial charge in [-0.2, -0.15) is 13.2 Å². The number of thiophene rings is 1. The molecule has 21 heavy (non-hydrogen) atoms. The lowest BCUT2D eigenvalue weighted by Gasteiger charge is -2.28. The molecule has 114 valence electrons. The van der Waals surface area contributed by atoms with E-state index in [1.54, 1.807) is 6.07 Å². The number of hydrogen-bond donors (Lipinski definition) is 0. The monoisotopic (exact) mass is 335 g/mol. The topological polar surface area (TPSA) is 3.24 Å². The molecule has 2 aromatic rings. The summed E-state index contributed by atoms with van der Waals surface area (Å²) in [6.07, 6.45) is -4.44. The lowest BCUT2D eigenvalue weighted by Crippen LogP contribution is -2.31. The molecule has 0 radical (unpaired) electrons. The van der Waals surface area contributed by atoms with Crippen molar-refractivity contribution in [1.82, 2.24) is 4.31 Å². The number of alkyl halides is 3. The number of benzene rings is 1. The molecule has 0 saturated heterocycles. The predicted molar refractivity (Wildman–Crippen MR) is 77.9 cm³/mol. The minimum absolute atomic E-state index is 0.0205. The minimum atomic E-state index is -4.44. The van der Waals surface area contributed by atoms with Crippen LogP contribution in [0.4, 0.5) is 17.6 Å². The van der Waals surface area contributed by atoms with E-state index in [-0.39, 0.29) is 5.56 Å². The number of hydrogen-bond acceptors (Lipinski definition) is 3. The smallest absolute Gasteiger partial charge is 0.232 e. The maximum absolute atomic E-state index is 13.3. The Bertz CT molecular complexity index is 592. The van der Waals surface area contributed by atoms with Crippen LogP contribution in [0.1, 0.15) is 16.5 Å². The van der Waals surface area contributed by atoms with Crippen LogP contribution in [0.2, 0.25) is 0 Å². The Hall–Kier alpha value is -1.05. The Morgan fingerprint density at radius 1 is 1.10 bits per heavy atom. The molecule has 0 fully saturated rings. The third-order valence-corrected chi connectivity index (χ3v) is 4.89. The van der Waals surface area contributed by atoms with E-state index in [0.717, 1.165) is 37.5 Å². The second-order valence-electron chi connectivity index (χ2n) is 4.50. The zero-order chi connectivity index (χ0) is 15.6. The van der Waals surface area contributed by atoms with Crippen LogP contribution in [0.25, 0.3) is 0 Å². The van der Waals surface area contributed by atoms with Crippen LogP contribution < -0.4 is 0 Å². The molecule has 1 aromatic heterocycles. The van der Waals surface area contributed by atoms with Crippen molar-refractivity contribution in [2.75, 3.05) is 7.05 Å². The van der Waals surface area contributed by atoms with Crippen molar-refractivity contribution in [3.05, 3.63) is 52.7 Å². The summed E-state index contributed by atoms with van der Waals surface area (Å²) >= 11 is 2.47. The summed E-state index contributed by atoms with van der Waals surface area (Å²) in [5, 5.41) is 0. The molecule has 1 unspecified atom stereocenters. The maximum Gasteiger partial charge on any atom is 0.408 e. The van der Waals surface area contributed by atoms with Gasteiger partial charge in [0.1, 0.15) is 11.9 Å². The maximum atomic E-state index is 13.3. The molecule has 1 heterocycles. The summed E-state index contributed by atoms with van der Waals surface area (Å²) in [6.45, 7) is 1.90. The normalized spacial score (nSPS) is 13.7. The van der Waals surface area contributed by atoms with Crippen LogP contribution in [0, 0.1) is 12.7 Å². The first-order valence-corrected chi connectivity index (χ1v) is 7.66. The fourth-order valence-electron chi connectivity index (χ4n) is 1.91. The molecule has 0 spiro atoms. The second kappa shape index (κ2) is 6.37. The third kappa shape index (κ3) is 4.21. The molecular weight excluding hydrogens is 322 g/mol. The van der Waals surface area contributed by atoms with Gasteiger partial charge in [-0.15, -0.1) is 11.3 Å². The van der Waals surface area contributed by atoms with Gasteiger partial charge in [-0.1, -0.05) is 12.1 Å². The summed E-state index contributed by atoms with van der Waals surface area (Å²) in [7, 11) is 1.39. The van der Waals surface area contributed by atoms with Crippen molar-refractivity contribution in [2.45, 2.75) is 23.4 Å². The molecule has 1 aromatic carbocycles. The SMILES string of the molecule is Cc1ccc(SN(C)C(c2ccc(F)cc2)C(F)(F)F)s1. The molecule has 1 nitrogen and oxygen atoms in total. The van der Waals surface area contributed by atoms with Crippen molar-refractivity contribution in [3.63, 3.8) is 0 Å². The molecule has 0 aliphatic carbocycles. The Balaban J connectivity index is 2.25. The number of nitrogens with zero attached hydrogens (tertiary/aromatic N) is 1. The van der Waals surface area contributed by atoms with Gasteiger partial charge in [0.25, 0.3) is 0 Å². The largest absolute Gasteiger partial charge is 0.408 e. The average molecular weight is 335 g/mol. The molecular formula is C14H13F4NS2. The van der Waals surface area contributed by atoms with E-state index >= 15 is 0 Å².